The van der Waals surface area contributed by atoms with Crippen molar-refractivity contribution in [2.75, 3.05) is 5.73 Å². The van der Waals surface area contributed by atoms with Crippen molar-refractivity contribution in [3.63, 3.8) is 0 Å². The zero-order valence-electron chi connectivity index (χ0n) is 7.43. The van der Waals surface area contributed by atoms with Gasteiger partial charge in [-0.15, -0.1) is 0 Å². The van der Waals surface area contributed by atoms with Crippen LogP contribution in [0.3, 0.4) is 0 Å². The third-order valence-electron chi connectivity index (χ3n) is 1.44. The summed E-state index contributed by atoms with van der Waals surface area (Å²) in [7, 11) is 0. The Kier molecular flexibility index (Phi) is 2.55. The summed E-state index contributed by atoms with van der Waals surface area (Å²) in [5.74, 6) is 1.36. The van der Waals surface area contributed by atoms with E-state index in [1.807, 2.05) is 0 Å². The average molecular weight is 277 g/mol. The van der Waals surface area contributed by atoms with Crippen molar-refractivity contribution in [3.05, 3.63) is 15.6 Å². The van der Waals surface area contributed by atoms with E-state index in [0.717, 1.165) is 9.39 Å². The minimum atomic E-state index is -0.0293. The molecule has 1 rings (SSSR count). The highest BCUT2D eigenvalue weighted by molar-refractivity contribution is 14.1. The fourth-order valence-electron chi connectivity index (χ4n) is 0.742. The van der Waals surface area contributed by atoms with Crippen LogP contribution in [0.1, 0.15) is 26.6 Å². The van der Waals surface area contributed by atoms with Crippen molar-refractivity contribution in [2.45, 2.75) is 26.2 Å². The van der Waals surface area contributed by atoms with Crippen LogP contribution in [0, 0.1) is 3.57 Å². The highest BCUT2D eigenvalue weighted by Crippen LogP contribution is 2.20. The van der Waals surface area contributed by atoms with Crippen LogP contribution >= 0.6 is 22.6 Å². The molecule has 0 radical (unpaired) electrons. The number of anilines is 1. The standard InChI is InChI=1S/C8H12IN3/c1-8(2,3)7-11-4-5(9)6(10)12-7/h4H,1-3H3,(H2,10,11,12). The van der Waals surface area contributed by atoms with Gasteiger partial charge in [0.1, 0.15) is 11.6 Å². The Bertz CT molecular complexity index is 291. The van der Waals surface area contributed by atoms with Gasteiger partial charge in [-0.1, -0.05) is 20.8 Å². The number of nitrogen functional groups attached to an aromatic ring is 1. The van der Waals surface area contributed by atoms with Crippen LogP contribution < -0.4 is 5.73 Å². The van der Waals surface area contributed by atoms with Gasteiger partial charge < -0.3 is 5.73 Å². The molecule has 2 N–H and O–H groups in total. The van der Waals surface area contributed by atoms with Gasteiger partial charge in [-0.2, -0.15) is 0 Å². The molecule has 4 heteroatoms. The SMILES string of the molecule is CC(C)(C)c1ncc(I)c(N)n1. The molecule has 1 heterocycles. The topological polar surface area (TPSA) is 51.8 Å². The number of nitrogens with zero attached hydrogens (tertiary/aromatic N) is 2. The highest BCUT2D eigenvalue weighted by Gasteiger charge is 2.17. The van der Waals surface area contributed by atoms with Crippen molar-refractivity contribution in [1.82, 2.24) is 9.97 Å². The highest BCUT2D eigenvalue weighted by atomic mass is 127. The smallest absolute Gasteiger partial charge is 0.140 e. The first-order chi connectivity index (χ1) is 5.41. The van der Waals surface area contributed by atoms with Gasteiger partial charge in [0.05, 0.1) is 3.57 Å². The molecule has 0 bridgehead atoms. The van der Waals surface area contributed by atoms with E-state index < -0.39 is 0 Å². The number of nitrogens with two attached hydrogens (primary N) is 1. The normalized spacial score (nSPS) is 11.7. The van der Waals surface area contributed by atoms with E-state index in [2.05, 4.69) is 53.3 Å². The van der Waals surface area contributed by atoms with E-state index in [1.165, 1.54) is 0 Å². The number of hydrogen-bond donors (Lipinski definition) is 1. The Morgan fingerprint density at radius 3 is 2.42 bits per heavy atom. The molecule has 0 unspecified atom stereocenters. The maximum atomic E-state index is 5.66. The van der Waals surface area contributed by atoms with Crippen molar-refractivity contribution in [2.24, 2.45) is 0 Å². The van der Waals surface area contributed by atoms with Crippen LogP contribution in [0.4, 0.5) is 5.82 Å². The van der Waals surface area contributed by atoms with Gasteiger partial charge in [-0.05, 0) is 22.6 Å². The van der Waals surface area contributed by atoms with Crippen molar-refractivity contribution in [1.29, 1.82) is 0 Å². The largest absolute Gasteiger partial charge is 0.383 e. The molecule has 0 aliphatic rings. The van der Waals surface area contributed by atoms with Crippen LogP contribution in [0.25, 0.3) is 0 Å². The quantitative estimate of drug-likeness (QED) is 0.737. The predicted molar refractivity (Wildman–Crippen MR) is 57.9 cm³/mol. The van der Waals surface area contributed by atoms with Crippen LogP contribution in [0.5, 0.6) is 0 Å². The zero-order valence-corrected chi connectivity index (χ0v) is 9.58. The van der Waals surface area contributed by atoms with E-state index in [9.17, 15) is 0 Å². The third kappa shape index (κ3) is 2.06. The lowest BCUT2D eigenvalue weighted by molar-refractivity contribution is 0.545. The monoisotopic (exact) mass is 277 g/mol. The molecule has 0 aliphatic carbocycles. The zero-order chi connectivity index (χ0) is 9.35. The minimum Gasteiger partial charge on any atom is -0.383 e. The van der Waals surface area contributed by atoms with Crippen LogP contribution in [0.15, 0.2) is 6.20 Å². The molecule has 0 saturated carbocycles. The molecule has 0 atom stereocenters. The maximum Gasteiger partial charge on any atom is 0.140 e. The van der Waals surface area contributed by atoms with Crippen molar-refractivity contribution in [3.8, 4) is 0 Å². The first-order valence-corrected chi connectivity index (χ1v) is 4.77. The number of rotatable bonds is 0. The van der Waals surface area contributed by atoms with E-state index in [4.69, 9.17) is 5.73 Å². The Balaban J connectivity index is 3.14. The summed E-state index contributed by atoms with van der Waals surface area (Å²) < 4.78 is 0.903. The summed E-state index contributed by atoms with van der Waals surface area (Å²) >= 11 is 2.12. The summed E-state index contributed by atoms with van der Waals surface area (Å²) in [6, 6.07) is 0. The molecule has 1 aromatic rings. The molecule has 0 spiro atoms. The Labute approximate surface area is 85.9 Å². The second-order valence-corrected chi connectivity index (χ2v) is 4.84. The van der Waals surface area contributed by atoms with Gasteiger partial charge in [-0.3, -0.25) is 0 Å². The predicted octanol–water partition coefficient (Wildman–Crippen LogP) is 1.96. The van der Waals surface area contributed by atoms with Gasteiger partial charge in [0, 0.05) is 11.6 Å². The Morgan fingerprint density at radius 1 is 1.42 bits per heavy atom. The number of aromatic nitrogens is 2. The van der Waals surface area contributed by atoms with Gasteiger partial charge in [-0.25, -0.2) is 9.97 Å². The average Bonchev–Trinajstić information content (AvgIpc) is 1.92. The number of hydrogen-bond acceptors (Lipinski definition) is 3. The summed E-state index contributed by atoms with van der Waals surface area (Å²) in [6.07, 6.45) is 1.75. The van der Waals surface area contributed by atoms with Crippen LogP contribution in [0.2, 0.25) is 0 Å². The summed E-state index contributed by atoms with van der Waals surface area (Å²) in [4.78, 5) is 8.41. The van der Waals surface area contributed by atoms with E-state index in [1.54, 1.807) is 6.20 Å². The molecule has 0 fully saturated rings. The van der Waals surface area contributed by atoms with E-state index >= 15 is 0 Å². The minimum absolute atomic E-state index is 0.0293. The Hall–Kier alpha value is -0.390. The lowest BCUT2D eigenvalue weighted by Crippen LogP contribution is -2.17. The molecule has 12 heavy (non-hydrogen) atoms. The van der Waals surface area contributed by atoms with Gasteiger partial charge in [0.2, 0.25) is 0 Å². The van der Waals surface area contributed by atoms with Gasteiger partial charge in [0.25, 0.3) is 0 Å². The van der Waals surface area contributed by atoms with Crippen molar-refractivity contribution >= 4 is 28.4 Å². The molecule has 1 aromatic heterocycles. The lowest BCUT2D eigenvalue weighted by Gasteiger charge is -2.16. The summed E-state index contributed by atoms with van der Waals surface area (Å²) in [6.45, 7) is 6.19. The molecule has 66 valence electrons. The van der Waals surface area contributed by atoms with Crippen molar-refractivity contribution < 1.29 is 0 Å². The second-order valence-electron chi connectivity index (χ2n) is 3.68. The maximum absolute atomic E-state index is 5.66. The van der Waals surface area contributed by atoms with E-state index in [0.29, 0.717) is 5.82 Å². The fourth-order valence-corrected chi connectivity index (χ4v) is 1.00. The number of halogens is 1. The summed E-state index contributed by atoms with van der Waals surface area (Å²) in [5.41, 5.74) is 5.63. The first-order valence-electron chi connectivity index (χ1n) is 3.70. The molecule has 3 nitrogen and oxygen atoms in total. The van der Waals surface area contributed by atoms with Crippen LogP contribution in [-0.4, -0.2) is 9.97 Å². The summed E-state index contributed by atoms with van der Waals surface area (Å²) in [5, 5.41) is 0. The lowest BCUT2D eigenvalue weighted by atomic mass is 9.96. The van der Waals surface area contributed by atoms with Gasteiger partial charge >= 0.3 is 0 Å². The molecule has 0 aliphatic heterocycles. The van der Waals surface area contributed by atoms with Gasteiger partial charge in [0.15, 0.2) is 0 Å². The molecule has 0 aromatic carbocycles. The second kappa shape index (κ2) is 3.16. The Morgan fingerprint density at radius 2 is 2.00 bits per heavy atom. The van der Waals surface area contributed by atoms with Crippen LogP contribution in [-0.2, 0) is 5.41 Å². The molecule has 0 saturated heterocycles. The third-order valence-corrected chi connectivity index (χ3v) is 2.27. The molecule has 0 amide bonds. The fraction of sp³-hybridized carbons (Fsp3) is 0.500. The first kappa shape index (κ1) is 9.70. The van der Waals surface area contributed by atoms with E-state index in [-0.39, 0.29) is 5.41 Å². The molecular formula is C8H12IN3. The molecular weight excluding hydrogens is 265 g/mol.